The van der Waals surface area contributed by atoms with Crippen LogP contribution in [-0.2, 0) is 14.3 Å². The average Bonchev–Trinajstić information content (AvgIpc) is 2.87. The second-order valence-electron chi connectivity index (χ2n) is 11.4. The van der Waals surface area contributed by atoms with E-state index in [9.17, 15) is 19.8 Å². The van der Waals surface area contributed by atoms with Gasteiger partial charge in [-0.3, -0.25) is 9.59 Å². The van der Waals surface area contributed by atoms with Crippen molar-refractivity contribution in [1.29, 1.82) is 0 Å². The number of allylic oxidation sites excluding steroid dienone is 4. The Labute approximate surface area is 183 Å². The number of ketones is 2. The van der Waals surface area contributed by atoms with Gasteiger partial charge in [0.15, 0.2) is 11.6 Å². The summed E-state index contributed by atoms with van der Waals surface area (Å²) in [6.45, 7) is 9.02. The van der Waals surface area contributed by atoms with E-state index >= 15 is 4.39 Å². The summed E-state index contributed by atoms with van der Waals surface area (Å²) in [4.78, 5) is 25.1. The predicted molar refractivity (Wildman–Crippen MR) is 114 cm³/mol. The molecule has 0 radical (unpaired) electrons. The second-order valence-corrected chi connectivity index (χ2v) is 11.4. The molecule has 4 aliphatic rings. The maximum Gasteiger partial charge on any atom is 0.190 e. The summed E-state index contributed by atoms with van der Waals surface area (Å²) in [5, 5.41) is 23.0. The Balaban J connectivity index is 1.69. The lowest BCUT2D eigenvalue weighted by molar-refractivity contribution is -0.208. The number of ether oxygens (including phenoxy) is 1. The SMILES string of the molecule is C[C@@H]1C[C@H]2[C@@H]3CCC4=CC(=O)C=C[C@@H]4[C@@]3(F)[C@@H](O)C[C@]2(C)[C@@]1(O)C(=O)COC(C)(C)C. The molecular formula is C25H35FO5. The summed E-state index contributed by atoms with van der Waals surface area (Å²) in [7, 11) is 0. The van der Waals surface area contributed by atoms with Crippen molar-refractivity contribution in [2.45, 2.75) is 83.3 Å². The average molecular weight is 435 g/mol. The van der Waals surface area contributed by atoms with Crippen LogP contribution in [-0.4, -0.2) is 51.4 Å². The lowest BCUT2D eigenvalue weighted by Gasteiger charge is -2.59. The highest BCUT2D eigenvalue weighted by Gasteiger charge is 2.73. The van der Waals surface area contributed by atoms with Crippen LogP contribution in [0.3, 0.4) is 0 Å². The van der Waals surface area contributed by atoms with E-state index in [1.54, 1.807) is 6.08 Å². The van der Waals surface area contributed by atoms with Crippen molar-refractivity contribution >= 4 is 11.6 Å². The zero-order valence-electron chi connectivity index (χ0n) is 19.2. The molecule has 6 heteroatoms. The third-order valence-electron chi connectivity index (χ3n) is 8.65. The van der Waals surface area contributed by atoms with E-state index in [1.807, 2.05) is 34.6 Å². The molecule has 0 heterocycles. The molecule has 0 aromatic carbocycles. The van der Waals surface area contributed by atoms with Gasteiger partial charge in [-0.15, -0.1) is 0 Å². The number of hydrogen-bond donors (Lipinski definition) is 2. The van der Waals surface area contributed by atoms with Gasteiger partial charge >= 0.3 is 0 Å². The number of carbonyl (C=O) groups is 2. The minimum absolute atomic E-state index is 0.00166. The molecule has 4 rings (SSSR count). The number of hydrogen-bond acceptors (Lipinski definition) is 5. The summed E-state index contributed by atoms with van der Waals surface area (Å²) < 4.78 is 22.4. The Morgan fingerprint density at radius 3 is 2.65 bits per heavy atom. The maximum absolute atomic E-state index is 16.7. The molecule has 0 spiro atoms. The van der Waals surface area contributed by atoms with Crippen molar-refractivity contribution in [3.05, 3.63) is 23.8 Å². The molecule has 3 fully saturated rings. The third kappa shape index (κ3) is 3.12. The summed E-state index contributed by atoms with van der Waals surface area (Å²) in [5.74, 6) is -2.27. The lowest BCUT2D eigenvalue weighted by atomic mass is 9.48. The van der Waals surface area contributed by atoms with Crippen molar-refractivity contribution < 1.29 is 28.9 Å². The summed E-state index contributed by atoms with van der Waals surface area (Å²) in [5.41, 5.74) is -4.31. The zero-order valence-corrected chi connectivity index (χ0v) is 19.2. The number of aliphatic hydroxyl groups excluding tert-OH is 1. The maximum atomic E-state index is 16.7. The molecule has 8 atom stereocenters. The van der Waals surface area contributed by atoms with Gasteiger partial charge in [-0.1, -0.05) is 25.5 Å². The molecule has 0 unspecified atom stereocenters. The molecule has 4 aliphatic carbocycles. The largest absolute Gasteiger partial charge is 0.390 e. The molecule has 3 saturated carbocycles. The number of Topliss-reactive ketones (excluding diaryl/α,β-unsaturated/α-hetero) is 1. The van der Waals surface area contributed by atoms with E-state index in [1.165, 1.54) is 12.2 Å². The van der Waals surface area contributed by atoms with Crippen LogP contribution in [0, 0.1) is 29.1 Å². The normalized spacial score (nSPS) is 46.8. The first-order valence-electron chi connectivity index (χ1n) is 11.4. The quantitative estimate of drug-likeness (QED) is 0.712. The van der Waals surface area contributed by atoms with E-state index in [4.69, 9.17) is 4.74 Å². The zero-order chi connectivity index (χ0) is 23.0. The summed E-state index contributed by atoms with van der Waals surface area (Å²) >= 11 is 0. The second kappa shape index (κ2) is 7.06. The van der Waals surface area contributed by atoms with Crippen LogP contribution in [0.1, 0.15) is 60.3 Å². The highest BCUT2D eigenvalue weighted by atomic mass is 19.1. The van der Waals surface area contributed by atoms with E-state index in [0.29, 0.717) is 19.3 Å². The van der Waals surface area contributed by atoms with Gasteiger partial charge in [0.1, 0.15) is 17.9 Å². The first-order valence-corrected chi connectivity index (χ1v) is 11.4. The van der Waals surface area contributed by atoms with E-state index in [0.717, 1.165) is 5.57 Å². The van der Waals surface area contributed by atoms with Gasteiger partial charge in [-0.05, 0) is 70.4 Å². The highest BCUT2D eigenvalue weighted by Crippen LogP contribution is 2.68. The minimum Gasteiger partial charge on any atom is -0.390 e. The van der Waals surface area contributed by atoms with Crippen molar-refractivity contribution in [2.24, 2.45) is 29.1 Å². The number of halogens is 1. The first kappa shape index (κ1) is 22.8. The minimum atomic E-state index is -1.90. The van der Waals surface area contributed by atoms with Gasteiger partial charge in [0, 0.05) is 17.3 Å². The molecule has 0 aromatic heterocycles. The van der Waals surface area contributed by atoms with Crippen molar-refractivity contribution in [2.75, 3.05) is 6.61 Å². The molecule has 5 nitrogen and oxygen atoms in total. The third-order valence-corrected chi connectivity index (χ3v) is 8.65. The van der Waals surface area contributed by atoms with Gasteiger partial charge in [0.05, 0.1) is 11.7 Å². The molecule has 2 N–H and O–H groups in total. The van der Waals surface area contributed by atoms with Crippen molar-refractivity contribution in [1.82, 2.24) is 0 Å². The molecule has 172 valence electrons. The van der Waals surface area contributed by atoms with Gasteiger partial charge < -0.3 is 14.9 Å². The Morgan fingerprint density at radius 2 is 2.00 bits per heavy atom. The Kier molecular flexibility index (Phi) is 5.20. The van der Waals surface area contributed by atoms with Gasteiger partial charge in [0.2, 0.25) is 0 Å². The Morgan fingerprint density at radius 1 is 1.32 bits per heavy atom. The fraction of sp³-hybridized carbons (Fsp3) is 0.760. The molecule has 0 amide bonds. The fourth-order valence-electron chi connectivity index (χ4n) is 7.15. The first-order chi connectivity index (χ1) is 14.2. The summed E-state index contributed by atoms with van der Waals surface area (Å²) in [6, 6.07) is 0. The highest BCUT2D eigenvalue weighted by molar-refractivity contribution is 6.01. The van der Waals surface area contributed by atoms with Crippen molar-refractivity contribution in [3.8, 4) is 0 Å². The number of aliphatic hydroxyl groups is 2. The van der Waals surface area contributed by atoms with Crippen LogP contribution in [0.25, 0.3) is 0 Å². The van der Waals surface area contributed by atoms with E-state index in [2.05, 4.69) is 0 Å². The molecule has 0 saturated heterocycles. The molecule has 0 bridgehead atoms. The molecule has 0 aliphatic heterocycles. The topological polar surface area (TPSA) is 83.8 Å². The monoisotopic (exact) mass is 434 g/mol. The number of rotatable bonds is 3. The van der Waals surface area contributed by atoms with Crippen LogP contribution in [0.4, 0.5) is 4.39 Å². The lowest BCUT2D eigenvalue weighted by Crippen LogP contribution is -2.67. The molecule has 31 heavy (non-hydrogen) atoms. The summed E-state index contributed by atoms with van der Waals surface area (Å²) in [6.07, 6.45) is 4.76. The molecular weight excluding hydrogens is 399 g/mol. The smallest absolute Gasteiger partial charge is 0.190 e. The van der Waals surface area contributed by atoms with Gasteiger partial charge in [0.25, 0.3) is 0 Å². The number of fused-ring (bicyclic) bond motifs is 5. The number of carbonyl (C=O) groups excluding carboxylic acids is 2. The Hall–Kier alpha value is -1.37. The van der Waals surface area contributed by atoms with Crippen LogP contribution in [0.15, 0.2) is 23.8 Å². The van der Waals surface area contributed by atoms with Gasteiger partial charge in [-0.2, -0.15) is 0 Å². The van der Waals surface area contributed by atoms with Crippen LogP contribution < -0.4 is 0 Å². The van der Waals surface area contributed by atoms with Crippen LogP contribution in [0.2, 0.25) is 0 Å². The predicted octanol–water partition coefficient (Wildman–Crippen LogP) is 3.33. The van der Waals surface area contributed by atoms with Gasteiger partial charge in [-0.25, -0.2) is 4.39 Å². The molecule has 0 aromatic rings. The van der Waals surface area contributed by atoms with Crippen LogP contribution in [0.5, 0.6) is 0 Å². The number of alkyl halides is 1. The van der Waals surface area contributed by atoms with Crippen LogP contribution >= 0.6 is 0 Å². The standard InChI is InChI=1S/C25H35FO5/c1-14-10-19-18-8-6-15-11-16(27)7-9-17(15)24(18,26)20(28)12-23(19,5)25(14,30)21(29)13-31-22(2,3)4/h7,9,11,14,17-20,28,30H,6,8,10,12-13H2,1-5H3/t14-,17+,18+,19+,20+,23+,24+,25+/m1/s1. The van der Waals surface area contributed by atoms with E-state index in [-0.39, 0.29) is 30.6 Å². The van der Waals surface area contributed by atoms with Crippen molar-refractivity contribution in [3.63, 3.8) is 0 Å². The fourth-order valence-corrected chi connectivity index (χ4v) is 7.15. The van der Waals surface area contributed by atoms with E-state index < -0.39 is 46.0 Å². The Bertz CT molecular complexity index is 856.